The van der Waals surface area contributed by atoms with E-state index in [1.54, 1.807) is 11.6 Å². The number of carbonyl (C=O) groups excluding carboxylic acids is 1. The van der Waals surface area contributed by atoms with Gasteiger partial charge in [-0.1, -0.05) is 24.1 Å². The number of alkyl carbamates (subject to hydrolysis) is 1. The van der Waals surface area contributed by atoms with Crippen LogP contribution >= 0.6 is 0 Å². The smallest absolute Gasteiger partial charge is 0.407 e. The molecule has 1 atom stereocenters. The number of piperidine rings is 1. The van der Waals surface area contributed by atoms with E-state index in [-0.39, 0.29) is 30.3 Å². The molecule has 0 spiro atoms. The Kier molecular flexibility index (Phi) is 7.29. The van der Waals surface area contributed by atoms with Crippen molar-refractivity contribution in [2.75, 3.05) is 18.0 Å². The number of imidazole rings is 1. The van der Waals surface area contributed by atoms with Crippen LogP contribution in [0.1, 0.15) is 45.1 Å². The summed E-state index contributed by atoms with van der Waals surface area (Å²) in [6.45, 7) is 8.37. The van der Waals surface area contributed by atoms with Crippen LogP contribution in [0.3, 0.4) is 0 Å². The number of amides is 1. The van der Waals surface area contributed by atoms with Gasteiger partial charge in [0.2, 0.25) is 5.95 Å². The Bertz CT molecular complexity index is 1800. The van der Waals surface area contributed by atoms with Gasteiger partial charge in [-0.2, -0.15) is 4.98 Å². The average molecular weight is 559 g/mol. The Labute approximate surface area is 237 Å². The van der Waals surface area contributed by atoms with Gasteiger partial charge in [0.15, 0.2) is 11.2 Å². The summed E-state index contributed by atoms with van der Waals surface area (Å²) in [6.07, 6.45) is 6.78. The molecule has 1 fully saturated rings. The lowest BCUT2D eigenvalue weighted by Crippen LogP contribution is -2.49. The third kappa shape index (κ3) is 5.52. The number of anilines is 1. The van der Waals surface area contributed by atoms with Gasteiger partial charge in [-0.05, 0) is 46.6 Å². The van der Waals surface area contributed by atoms with Crippen LogP contribution in [0.25, 0.3) is 22.1 Å². The van der Waals surface area contributed by atoms with Gasteiger partial charge in [0.05, 0.1) is 18.6 Å². The van der Waals surface area contributed by atoms with E-state index in [1.165, 1.54) is 4.57 Å². The fraction of sp³-hybridized carbons (Fsp3) is 0.448. The molecule has 3 aromatic heterocycles. The number of carbonyl (C=O) groups is 1. The lowest BCUT2D eigenvalue weighted by atomic mass is 10.1. The first kappa shape index (κ1) is 27.9. The first-order valence-corrected chi connectivity index (χ1v) is 13.6. The van der Waals surface area contributed by atoms with Gasteiger partial charge in [-0.3, -0.25) is 18.5 Å². The standard InChI is InChI=1S/C29H34N8O4/c1-7-14-36-23-24(33-26(36)35-15-10-11-19(16-35)31-27(39)41-29(3,4)5)34(6)28(40)37(25(23)38)17-22-30-18(2)20-12-8-9-13-21(20)32-22/h1,8-9,12-13,19H,10-11,14-17H2,2-6H3,(H,31,39)/t19-/m1/s1. The van der Waals surface area contributed by atoms with Crippen molar-refractivity contribution in [3.63, 3.8) is 0 Å². The van der Waals surface area contributed by atoms with Gasteiger partial charge < -0.3 is 15.0 Å². The molecule has 12 heteroatoms. The molecule has 0 bridgehead atoms. The van der Waals surface area contributed by atoms with E-state index in [0.29, 0.717) is 24.9 Å². The van der Waals surface area contributed by atoms with Gasteiger partial charge in [-0.15, -0.1) is 6.42 Å². The van der Waals surface area contributed by atoms with E-state index in [1.807, 2.05) is 56.9 Å². The van der Waals surface area contributed by atoms with Crippen molar-refractivity contribution < 1.29 is 9.53 Å². The SMILES string of the molecule is C#CCn1c(N2CCC[C@@H](NC(=O)OC(C)(C)C)C2)nc2c1c(=O)n(Cc1nc(C)c3ccccc3n1)c(=O)n2C. The van der Waals surface area contributed by atoms with Gasteiger partial charge in [-0.25, -0.2) is 19.6 Å². The normalized spacial score (nSPS) is 15.7. The Morgan fingerprint density at radius 2 is 1.93 bits per heavy atom. The van der Waals surface area contributed by atoms with Crippen LogP contribution in [0, 0.1) is 19.3 Å². The van der Waals surface area contributed by atoms with Crippen molar-refractivity contribution in [3.8, 4) is 12.3 Å². The lowest BCUT2D eigenvalue weighted by Gasteiger charge is -2.34. The molecule has 0 saturated carbocycles. The summed E-state index contributed by atoms with van der Waals surface area (Å²) in [4.78, 5) is 55.5. The molecule has 0 aliphatic carbocycles. The number of terminal acetylenes is 1. The molecular weight excluding hydrogens is 524 g/mol. The first-order chi connectivity index (χ1) is 19.5. The van der Waals surface area contributed by atoms with E-state index in [4.69, 9.17) is 16.1 Å². The third-order valence-corrected chi connectivity index (χ3v) is 7.03. The highest BCUT2D eigenvalue weighted by molar-refractivity contribution is 5.80. The van der Waals surface area contributed by atoms with E-state index in [2.05, 4.69) is 21.2 Å². The summed E-state index contributed by atoms with van der Waals surface area (Å²) in [6, 6.07) is 7.40. The number of ether oxygens (including phenoxy) is 1. The van der Waals surface area contributed by atoms with Crippen LogP contribution in [-0.4, -0.2) is 59.5 Å². The van der Waals surface area contributed by atoms with E-state index >= 15 is 0 Å². The van der Waals surface area contributed by atoms with Gasteiger partial charge >= 0.3 is 11.8 Å². The van der Waals surface area contributed by atoms with Crippen molar-refractivity contribution >= 4 is 34.1 Å². The van der Waals surface area contributed by atoms with Crippen LogP contribution in [-0.2, 0) is 24.9 Å². The number of benzene rings is 1. The van der Waals surface area contributed by atoms with Crippen molar-refractivity contribution in [2.45, 2.75) is 65.3 Å². The highest BCUT2D eigenvalue weighted by Crippen LogP contribution is 2.24. The number of nitrogens with zero attached hydrogens (tertiary/aromatic N) is 7. The molecule has 214 valence electrons. The van der Waals surface area contributed by atoms with Crippen LogP contribution in [0.4, 0.5) is 10.7 Å². The summed E-state index contributed by atoms with van der Waals surface area (Å²) >= 11 is 0. The summed E-state index contributed by atoms with van der Waals surface area (Å²) in [5.74, 6) is 3.44. The molecule has 4 heterocycles. The minimum Gasteiger partial charge on any atom is -0.444 e. The molecule has 41 heavy (non-hydrogen) atoms. The van der Waals surface area contributed by atoms with Crippen molar-refractivity contribution in [2.24, 2.45) is 7.05 Å². The van der Waals surface area contributed by atoms with Crippen LogP contribution in [0.2, 0.25) is 0 Å². The maximum Gasteiger partial charge on any atom is 0.407 e. The fourth-order valence-electron chi connectivity index (χ4n) is 5.24. The molecule has 1 aliphatic rings. The Morgan fingerprint density at radius 3 is 2.66 bits per heavy atom. The summed E-state index contributed by atoms with van der Waals surface area (Å²) in [7, 11) is 1.58. The first-order valence-electron chi connectivity index (χ1n) is 13.6. The summed E-state index contributed by atoms with van der Waals surface area (Å²) in [5, 5.41) is 3.84. The predicted octanol–water partition coefficient (Wildman–Crippen LogP) is 2.32. The highest BCUT2D eigenvalue weighted by atomic mass is 16.6. The Hall–Kier alpha value is -4.66. The maximum absolute atomic E-state index is 13.9. The molecule has 1 amide bonds. The van der Waals surface area contributed by atoms with Gasteiger partial charge in [0.25, 0.3) is 5.56 Å². The molecule has 0 radical (unpaired) electrons. The van der Waals surface area contributed by atoms with E-state index in [9.17, 15) is 14.4 Å². The van der Waals surface area contributed by atoms with Crippen LogP contribution in [0.15, 0.2) is 33.9 Å². The summed E-state index contributed by atoms with van der Waals surface area (Å²) in [5.41, 5.74) is 0.291. The zero-order valence-corrected chi connectivity index (χ0v) is 24.0. The molecular formula is C29H34N8O4. The molecule has 1 saturated heterocycles. The number of hydrogen-bond acceptors (Lipinski definition) is 8. The highest BCUT2D eigenvalue weighted by Gasteiger charge is 2.29. The zero-order valence-electron chi connectivity index (χ0n) is 24.0. The maximum atomic E-state index is 13.9. The summed E-state index contributed by atoms with van der Waals surface area (Å²) < 4.78 is 9.55. The predicted molar refractivity (Wildman–Crippen MR) is 156 cm³/mol. The second kappa shape index (κ2) is 10.7. The second-order valence-corrected chi connectivity index (χ2v) is 11.3. The minimum atomic E-state index is -0.611. The quantitative estimate of drug-likeness (QED) is 0.370. The Morgan fingerprint density at radius 1 is 1.17 bits per heavy atom. The third-order valence-electron chi connectivity index (χ3n) is 7.03. The number of para-hydroxylation sites is 1. The van der Waals surface area contributed by atoms with Gasteiger partial charge in [0, 0.05) is 37.3 Å². The topological polar surface area (TPSA) is 129 Å². The second-order valence-electron chi connectivity index (χ2n) is 11.3. The van der Waals surface area contributed by atoms with Crippen molar-refractivity contribution in [1.82, 2.24) is 34.0 Å². The number of fused-ring (bicyclic) bond motifs is 2. The lowest BCUT2D eigenvalue weighted by molar-refractivity contribution is 0.0499. The van der Waals surface area contributed by atoms with Crippen molar-refractivity contribution in [1.29, 1.82) is 0 Å². The average Bonchev–Trinajstić information content (AvgIpc) is 3.29. The molecule has 0 unspecified atom stereocenters. The Balaban J connectivity index is 1.53. The molecule has 12 nitrogen and oxygen atoms in total. The number of aryl methyl sites for hydroxylation is 2. The largest absolute Gasteiger partial charge is 0.444 e. The fourth-order valence-corrected chi connectivity index (χ4v) is 5.24. The molecule has 4 aromatic rings. The monoisotopic (exact) mass is 558 g/mol. The van der Waals surface area contributed by atoms with Crippen LogP contribution < -0.4 is 21.5 Å². The van der Waals surface area contributed by atoms with E-state index in [0.717, 1.165) is 34.0 Å². The van der Waals surface area contributed by atoms with Crippen LogP contribution in [0.5, 0.6) is 0 Å². The number of hydrogen-bond donors (Lipinski definition) is 1. The molecule has 1 N–H and O–H groups in total. The van der Waals surface area contributed by atoms with E-state index < -0.39 is 22.9 Å². The molecule has 1 aromatic carbocycles. The zero-order chi connectivity index (χ0) is 29.5. The number of aromatic nitrogens is 6. The van der Waals surface area contributed by atoms with Gasteiger partial charge in [0.1, 0.15) is 11.4 Å². The number of nitrogens with one attached hydrogen (secondary N) is 1. The number of rotatable bonds is 5. The minimum absolute atomic E-state index is 0.0749. The molecule has 1 aliphatic heterocycles. The molecule has 5 rings (SSSR count). The van der Waals surface area contributed by atoms with Crippen molar-refractivity contribution in [3.05, 3.63) is 56.6 Å².